The molecule has 2 N–H and O–H groups in total. The third-order valence-electron chi connectivity index (χ3n) is 5.12. The van der Waals surface area contributed by atoms with Crippen molar-refractivity contribution in [3.8, 4) is 0 Å². The summed E-state index contributed by atoms with van der Waals surface area (Å²) in [4.78, 5) is 59.4. The number of nitro benzene ring substituents is 1. The lowest BCUT2D eigenvalue weighted by Gasteiger charge is -2.18. The van der Waals surface area contributed by atoms with E-state index in [0.29, 0.717) is 11.1 Å². The molecule has 1 aliphatic heterocycles. The summed E-state index contributed by atoms with van der Waals surface area (Å²) >= 11 is 0. The van der Waals surface area contributed by atoms with Gasteiger partial charge in [0.1, 0.15) is 0 Å². The van der Waals surface area contributed by atoms with Crippen molar-refractivity contribution in [2.45, 2.75) is 20.3 Å². The average molecular weight is 454 g/mol. The zero-order valence-corrected chi connectivity index (χ0v) is 18.0. The zero-order chi connectivity index (χ0) is 24.1. The summed E-state index contributed by atoms with van der Waals surface area (Å²) in [6, 6.07) is 11.1. The maximum atomic E-state index is 12.4. The van der Waals surface area contributed by atoms with Gasteiger partial charge in [-0.2, -0.15) is 0 Å². The maximum Gasteiger partial charge on any atom is 0.311 e. The Kier molecular flexibility index (Phi) is 7.01. The van der Waals surface area contributed by atoms with E-state index < -0.39 is 41.1 Å². The number of hydrazine groups is 1. The van der Waals surface area contributed by atoms with Crippen molar-refractivity contribution in [1.82, 2.24) is 10.4 Å². The zero-order valence-electron chi connectivity index (χ0n) is 18.0. The van der Waals surface area contributed by atoms with Crippen molar-refractivity contribution in [1.29, 1.82) is 0 Å². The number of rotatable bonds is 7. The van der Waals surface area contributed by atoms with Gasteiger partial charge in [0.15, 0.2) is 6.61 Å². The van der Waals surface area contributed by atoms with Crippen LogP contribution in [0.5, 0.6) is 0 Å². The SMILES string of the molecule is Cc1ccccc1C(=O)NN1C[C@H](C(=O)OCC(=O)Nc2ccc(C)c([N+](=O)[O-])c2)CC1=O. The molecule has 172 valence electrons. The molecule has 1 saturated heterocycles. The number of anilines is 1. The molecule has 0 saturated carbocycles. The number of hydrogen-bond donors (Lipinski definition) is 2. The van der Waals surface area contributed by atoms with Crippen LogP contribution in [0, 0.1) is 29.9 Å². The Bertz CT molecular complexity index is 1130. The highest BCUT2D eigenvalue weighted by atomic mass is 16.6. The van der Waals surface area contributed by atoms with E-state index >= 15 is 0 Å². The van der Waals surface area contributed by atoms with Gasteiger partial charge in [0.25, 0.3) is 17.5 Å². The second kappa shape index (κ2) is 9.90. The molecule has 0 spiro atoms. The monoisotopic (exact) mass is 454 g/mol. The van der Waals surface area contributed by atoms with E-state index in [2.05, 4.69) is 10.7 Å². The normalized spacial score (nSPS) is 15.2. The first kappa shape index (κ1) is 23.4. The fraction of sp³-hybridized carbons (Fsp3) is 0.273. The van der Waals surface area contributed by atoms with E-state index in [1.165, 1.54) is 18.2 Å². The topological polar surface area (TPSA) is 148 Å². The molecule has 3 amide bonds. The molecule has 11 heteroatoms. The third-order valence-corrected chi connectivity index (χ3v) is 5.12. The molecule has 1 fully saturated rings. The van der Waals surface area contributed by atoms with Crippen LogP contribution >= 0.6 is 0 Å². The highest BCUT2D eigenvalue weighted by molar-refractivity contribution is 5.98. The summed E-state index contributed by atoms with van der Waals surface area (Å²) < 4.78 is 4.99. The van der Waals surface area contributed by atoms with E-state index in [-0.39, 0.29) is 24.3 Å². The Morgan fingerprint density at radius 1 is 1.15 bits per heavy atom. The van der Waals surface area contributed by atoms with E-state index in [9.17, 15) is 29.3 Å². The maximum absolute atomic E-state index is 12.4. The largest absolute Gasteiger partial charge is 0.455 e. The van der Waals surface area contributed by atoms with Gasteiger partial charge in [-0.1, -0.05) is 24.3 Å². The lowest BCUT2D eigenvalue weighted by Crippen LogP contribution is -2.43. The molecular formula is C22H22N4O7. The van der Waals surface area contributed by atoms with Gasteiger partial charge >= 0.3 is 5.97 Å². The predicted octanol–water partition coefficient (Wildman–Crippen LogP) is 1.89. The molecule has 3 rings (SSSR count). The van der Waals surface area contributed by atoms with Crippen LogP contribution in [0.4, 0.5) is 11.4 Å². The molecule has 2 aromatic rings. The van der Waals surface area contributed by atoms with Crippen LogP contribution in [0.15, 0.2) is 42.5 Å². The van der Waals surface area contributed by atoms with E-state index in [4.69, 9.17) is 4.74 Å². The summed E-state index contributed by atoms with van der Waals surface area (Å²) in [6.45, 7) is 2.63. The van der Waals surface area contributed by atoms with Gasteiger partial charge in [-0.25, -0.2) is 0 Å². The summed E-state index contributed by atoms with van der Waals surface area (Å²) in [5.41, 5.74) is 4.11. The number of carbonyl (C=O) groups excluding carboxylic acids is 4. The van der Waals surface area contributed by atoms with E-state index in [1.807, 2.05) is 0 Å². The summed E-state index contributed by atoms with van der Waals surface area (Å²) in [7, 11) is 0. The highest BCUT2D eigenvalue weighted by Crippen LogP contribution is 2.22. The third kappa shape index (κ3) is 5.70. The van der Waals surface area contributed by atoms with Crippen LogP contribution < -0.4 is 10.7 Å². The summed E-state index contributed by atoms with van der Waals surface area (Å²) in [5, 5.41) is 14.5. The minimum absolute atomic E-state index is 0.0823. The Morgan fingerprint density at radius 2 is 1.88 bits per heavy atom. The van der Waals surface area contributed by atoms with Gasteiger partial charge in [0, 0.05) is 29.3 Å². The minimum Gasteiger partial charge on any atom is -0.455 e. The molecule has 0 bridgehead atoms. The molecule has 1 aliphatic rings. The number of hydrogen-bond acceptors (Lipinski definition) is 7. The van der Waals surface area contributed by atoms with Crippen molar-refractivity contribution in [3.05, 3.63) is 69.3 Å². The molecule has 0 aromatic heterocycles. The van der Waals surface area contributed by atoms with Crippen molar-refractivity contribution in [2.75, 3.05) is 18.5 Å². The number of esters is 1. The number of benzene rings is 2. The smallest absolute Gasteiger partial charge is 0.311 e. The first-order valence-corrected chi connectivity index (χ1v) is 10.0. The number of nitro groups is 1. The first-order valence-electron chi connectivity index (χ1n) is 10.0. The first-order chi connectivity index (χ1) is 15.7. The fourth-order valence-electron chi connectivity index (χ4n) is 3.32. The Balaban J connectivity index is 1.51. The van der Waals surface area contributed by atoms with Gasteiger partial charge in [-0.05, 0) is 31.5 Å². The molecule has 0 aliphatic carbocycles. The standard InChI is InChI=1S/C22H22N4O7/c1-13-5-3-4-6-17(13)21(29)24-25-11-15(9-20(25)28)22(30)33-12-19(27)23-16-8-7-14(2)18(10-16)26(31)32/h3-8,10,15H,9,11-12H2,1-2H3,(H,23,27)(H,24,29)/t15-/m1/s1. The van der Waals surface area contributed by atoms with Gasteiger partial charge in [0.05, 0.1) is 17.4 Å². The van der Waals surface area contributed by atoms with Gasteiger partial charge in [-0.15, -0.1) is 0 Å². The van der Waals surface area contributed by atoms with Gasteiger partial charge < -0.3 is 10.1 Å². The van der Waals surface area contributed by atoms with Crippen LogP contribution in [0.3, 0.4) is 0 Å². The predicted molar refractivity (Wildman–Crippen MR) is 116 cm³/mol. The van der Waals surface area contributed by atoms with E-state index in [0.717, 1.165) is 10.6 Å². The number of ether oxygens (including phenoxy) is 1. The van der Waals surface area contributed by atoms with Crippen LogP contribution in [0.1, 0.15) is 27.9 Å². The number of aryl methyl sites for hydroxylation is 2. The average Bonchev–Trinajstić information content (AvgIpc) is 3.13. The Hall–Kier alpha value is -4.28. The molecule has 33 heavy (non-hydrogen) atoms. The Labute approximate surface area is 188 Å². The van der Waals surface area contributed by atoms with Crippen LogP contribution in [0.25, 0.3) is 0 Å². The van der Waals surface area contributed by atoms with Crippen molar-refractivity contribution in [3.63, 3.8) is 0 Å². The molecule has 1 heterocycles. The number of nitrogens with zero attached hydrogens (tertiary/aromatic N) is 2. The van der Waals surface area contributed by atoms with E-state index in [1.54, 1.807) is 38.1 Å². The molecule has 11 nitrogen and oxygen atoms in total. The van der Waals surface area contributed by atoms with Crippen LogP contribution in [0.2, 0.25) is 0 Å². The number of nitrogens with one attached hydrogen (secondary N) is 2. The fourth-order valence-corrected chi connectivity index (χ4v) is 3.32. The van der Waals surface area contributed by atoms with Crippen molar-refractivity contribution in [2.24, 2.45) is 5.92 Å². The molecule has 1 atom stereocenters. The number of carbonyl (C=O) groups is 4. The molecule has 0 radical (unpaired) electrons. The summed E-state index contributed by atoms with van der Waals surface area (Å²) in [5.74, 6) is -3.21. The minimum atomic E-state index is -0.845. The van der Waals surface area contributed by atoms with Crippen LogP contribution in [-0.4, -0.2) is 46.8 Å². The lowest BCUT2D eigenvalue weighted by atomic mass is 10.1. The van der Waals surface area contributed by atoms with Crippen LogP contribution in [-0.2, 0) is 19.1 Å². The molecular weight excluding hydrogens is 432 g/mol. The summed E-state index contributed by atoms with van der Waals surface area (Å²) in [6.07, 6.45) is -0.168. The Morgan fingerprint density at radius 3 is 2.58 bits per heavy atom. The molecule has 2 aromatic carbocycles. The van der Waals surface area contributed by atoms with Gasteiger partial charge in [-0.3, -0.25) is 39.7 Å². The second-order valence-corrected chi connectivity index (χ2v) is 7.58. The lowest BCUT2D eigenvalue weighted by molar-refractivity contribution is -0.385. The highest BCUT2D eigenvalue weighted by Gasteiger charge is 2.36. The number of amides is 3. The van der Waals surface area contributed by atoms with Gasteiger partial charge in [0.2, 0.25) is 5.91 Å². The van der Waals surface area contributed by atoms with Crippen molar-refractivity contribution >= 4 is 35.1 Å². The second-order valence-electron chi connectivity index (χ2n) is 7.58. The quantitative estimate of drug-likeness (QED) is 0.369. The van der Waals surface area contributed by atoms with Crippen molar-refractivity contribution < 1.29 is 28.8 Å². The molecule has 0 unspecified atom stereocenters.